The summed E-state index contributed by atoms with van der Waals surface area (Å²) in [6, 6.07) is 3.99. The van der Waals surface area contributed by atoms with Crippen molar-refractivity contribution >= 4 is 0 Å². The van der Waals surface area contributed by atoms with Crippen LogP contribution in [0.3, 0.4) is 0 Å². The topological polar surface area (TPSA) is 43.6 Å². The third kappa shape index (κ3) is 1.78. The second kappa shape index (κ2) is 4.15. The quantitative estimate of drug-likeness (QED) is 0.827. The average molecular weight is 254 g/mol. The van der Waals surface area contributed by atoms with Gasteiger partial charge in [-0.1, -0.05) is 19.3 Å². The second-order valence-electron chi connectivity index (χ2n) is 5.92. The van der Waals surface area contributed by atoms with Crippen LogP contribution in [-0.2, 0) is 0 Å². The van der Waals surface area contributed by atoms with Gasteiger partial charge in [-0.2, -0.15) is 5.10 Å². The van der Waals surface area contributed by atoms with Crippen LogP contribution in [0.2, 0.25) is 0 Å². The molecule has 0 amide bonds. The summed E-state index contributed by atoms with van der Waals surface area (Å²) in [6.07, 6.45) is 13.5. The fraction of sp³-hybridized carbons (Fsp3) is 0.533. The standard InChI is InChI=1S/C15H18N4/c1-2-6-15(7-3-1)10-13(15)14-17-11-18-19(14)12-4-8-16-9-5-12/h4-5,8-9,11,13H,1-3,6-7,10H2/t13-/m1/s1. The van der Waals surface area contributed by atoms with Crippen LogP contribution in [0.25, 0.3) is 5.69 Å². The van der Waals surface area contributed by atoms with Crippen molar-refractivity contribution in [2.24, 2.45) is 5.41 Å². The molecule has 0 radical (unpaired) electrons. The van der Waals surface area contributed by atoms with Gasteiger partial charge in [-0.3, -0.25) is 4.98 Å². The minimum absolute atomic E-state index is 0.552. The van der Waals surface area contributed by atoms with Gasteiger partial charge in [-0.05, 0) is 36.8 Å². The highest BCUT2D eigenvalue weighted by molar-refractivity contribution is 5.32. The maximum Gasteiger partial charge on any atom is 0.138 e. The Bertz CT molecular complexity index is 569. The Morgan fingerprint density at radius 2 is 1.89 bits per heavy atom. The van der Waals surface area contributed by atoms with Crippen LogP contribution in [0, 0.1) is 5.41 Å². The van der Waals surface area contributed by atoms with Crippen molar-refractivity contribution in [3.63, 3.8) is 0 Å². The predicted molar refractivity (Wildman–Crippen MR) is 72.0 cm³/mol. The molecule has 98 valence electrons. The lowest BCUT2D eigenvalue weighted by molar-refractivity contribution is 0.323. The van der Waals surface area contributed by atoms with Crippen LogP contribution in [0.4, 0.5) is 0 Å². The maximum absolute atomic E-state index is 4.54. The Labute approximate surface area is 112 Å². The van der Waals surface area contributed by atoms with Gasteiger partial charge in [0.25, 0.3) is 0 Å². The molecule has 1 atom stereocenters. The fourth-order valence-corrected chi connectivity index (χ4v) is 3.69. The van der Waals surface area contributed by atoms with Crippen molar-refractivity contribution < 1.29 is 0 Å². The summed E-state index contributed by atoms with van der Waals surface area (Å²) in [7, 11) is 0. The van der Waals surface area contributed by atoms with Gasteiger partial charge in [0.1, 0.15) is 12.2 Å². The van der Waals surface area contributed by atoms with Crippen LogP contribution in [-0.4, -0.2) is 19.7 Å². The number of rotatable bonds is 2. The van der Waals surface area contributed by atoms with Crippen LogP contribution in [0.15, 0.2) is 30.9 Å². The van der Waals surface area contributed by atoms with E-state index in [-0.39, 0.29) is 0 Å². The Morgan fingerprint density at radius 3 is 2.68 bits per heavy atom. The molecule has 19 heavy (non-hydrogen) atoms. The van der Waals surface area contributed by atoms with Gasteiger partial charge >= 0.3 is 0 Å². The largest absolute Gasteiger partial charge is 0.265 e. The fourth-order valence-electron chi connectivity index (χ4n) is 3.69. The molecule has 4 heteroatoms. The highest BCUT2D eigenvalue weighted by Gasteiger charge is 2.56. The van der Waals surface area contributed by atoms with Crippen molar-refractivity contribution in [1.82, 2.24) is 19.7 Å². The van der Waals surface area contributed by atoms with E-state index in [4.69, 9.17) is 0 Å². The Kier molecular flexibility index (Phi) is 2.43. The molecule has 2 saturated carbocycles. The lowest BCUT2D eigenvalue weighted by Crippen LogP contribution is -2.11. The van der Waals surface area contributed by atoms with E-state index in [2.05, 4.69) is 15.1 Å². The lowest BCUT2D eigenvalue weighted by atomic mass is 9.84. The first-order valence-electron chi connectivity index (χ1n) is 7.19. The molecule has 0 saturated heterocycles. The minimum atomic E-state index is 0.552. The van der Waals surface area contributed by atoms with Gasteiger partial charge in [-0.25, -0.2) is 9.67 Å². The highest BCUT2D eigenvalue weighted by Crippen LogP contribution is 2.66. The summed E-state index contributed by atoms with van der Waals surface area (Å²) < 4.78 is 2.00. The van der Waals surface area contributed by atoms with Gasteiger partial charge in [0, 0.05) is 18.3 Å². The number of nitrogens with zero attached hydrogens (tertiary/aromatic N) is 4. The molecule has 2 fully saturated rings. The van der Waals surface area contributed by atoms with Gasteiger partial charge in [0.05, 0.1) is 5.69 Å². The molecule has 2 heterocycles. The predicted octanol–water partition coefficient (Wildman–Crippen LogP) is 3.10. The third-order valence-electron chi connectivity index (χ3n) is 4.83. The van der Waals surface area contributed by atoms with E-state index < -0.39 is 0 Å². The average Bonchev–Trinajstić information content (AvgIpc) is 2.95. The van der Waals surface area contributed by atoms with Crippen molar-refractivity contribution in [3.8, 4) is 5.69 Å². The molecule has 2 aromatic rings. The molecule has 0 unspecified atom stereocenters. The molecule has 0 bridgehead atoms. The molecule has 2 aliphatic carbocycles. The summed E-state index contributed by atoms with van der Waals surface area (Å²) >= 11 is 0. The second-order valence-corrected chi connectivity index (χ2v) is 5.92. The number of hydrogen-bond acceptors (Lipinski definition) is 3. The van der Waals surface area contributed by atoms with Crippen molar-refractivity contribution in [3.05, 3.63) is 36.7 Å². The molecule has 2 aliphatic rings. The van der Waals surface area contributed by atoms with Gasteiger partial charge in [-0.15, -0.1) is 0 Å². The molecule has 0 aromatic carbocycles. The number of hydrogen-bond donors (Lipinski definition) is 0. The zero-order chi connectivity index (χ0) is 12.7. The van der Waals surface area contributed by atoms with Crippen LogP contribution < -0.4 is 0 Å². The van der Waals surface area contributed by atoms with Crippen molar-refractivity contribution in [1.29, 1.82) is 0 Å². The summed E-state index contributed by atoms with van der Waals surface area (Å²) in [5.41, 5.74) is 1.62. The molecule has 2 aromatic heterocycles. The Morgan fingerprint density at radius 1 is 1.11 bits per heavy atom. The van der Waals surface area contributed by atoms with E-state index in [0.717, 1.165) is 11.5 Å². The van der Waals surface area contributed by atoms with E-state index in [9.17, 15) is 0 Å². The zero-order valence-corrected chi connectivity index (χ0v) is 11.0. The Balaban J connectivity index is 1.66. The molecular formula is C15H18N4. The van der Waals surface area contributed by atoms with Gasteiger partial charge in [0.2, 0.25) is 0 Å². The molecular weight excluding hydrogens is 236 g/mol. The summed E-state index contributed by atoms with van der Waals surface area (Å²) in [6.45, 7) is 0. The van der Waals surface area contributed by atoms with E-state index in [1.165, 1.54) is 38.5 Å². The monoisotopic (exact) mass is 254 g/mol. The van der Waals surface area contributed by atoms with Gasteiger partial charge < -0.3 is 0 Å². The number of pyridine rings is 1. The SMILES string of the molecule is c1cc(-n2ncnc2[C@H]2CC23CCCCC3)ccn1. The number of aromatic nitrogens is 4. The van der Waals surface area contributed by atoms with Crippen LogP contribution >= 0.6 is 0 Å². The minimum Gasteiger partial charge on any atom is -0.265 e. The summed E-state index contributed by atoms with van der Waals surface area (Å²) in [5.74, 6) is 1.76. The van der Waals surface area contributed by atoms with E-state index in [1.54, 1.807) is 6.33 Å². The first-order valence-corrected chi connectivity index (χ1v) is 7.19. The maximum atomic E-state index is 4.54. The smallest absolute Gasteiger partial charge is 0.138 e. The van der Waals surface area contributed by atoms with Crippen LogP contribution in [0.5, 0.6) is 0 Å². The zero-order valence-electron chi connectivity index (χ0n) is 11.0. The van der Waals surface area contributed by atoms with Crippen LogP contribution in [0.1, 0.15) is 50.3 Å². The van der Waals surface area contributed by atoms with E-state index in [1.807, 2.05) is 29.2 Å². The summed E-state index contributed by atoms with van der Waals surface area (Å²) in [4.78, 5) is 8.60. The van der Waals surface area contributed by atoms with E-state index in [0.29, 0.717) is 11.3 Å². The molecule has 4 nitrogen and oxygen atoms in total. The lowest BCUT2D eigenvalue weighted by Gasteiger charge is -2.22. The normalized spacial score (nSPS) is 24.5. The Hall–Kier alpha value is -1.71. The molecule has 4 rings (SSSR count). The van der Waals surface area contributed by atoms with Crippen molar-refractivity contribution in [2.75, 3.05) is 0 Å². The van der Waals surface area contributed by atoms with Crippen molar-refractivity contribution in [2.45, 2.75) is 44.4 Å². The highest BCUT2D eigenvalue weighted by atomic mass is 15.3. The first kappa shape index (κ1) is 11.1. The molecule has 0 aliphatic heterocycles. The first-order chi connectivity index (χ1) is 9.39. The molecule has 0 N–H and O–H groups in total. The van der Waals surface area contributed by atoms with E-state index >= 15 is 0 Å². The van der Waals surface area contributed by atoms with Gasteiger partial charge in [0.15, 0.2) is 0 Å². The third-order valence-corrected chi connectivity index (χ3v) is 4.83. The molecule has 1 spiro atoms. The summed E-state index contributed by atoms with van der Waals surface area (Å²) in [5, 5.41) is 4.40.